The van der Waals surface area contributed by atoms with Crippen LogP contribution in [-0.4, -0.2) is 64.7 Å². The van der Waals surface area contributed by atoms with Crippen LogP contribution in [0.25, 0.3) is 0 Å². The number of hydrogen-bond acceptors (Lipinski definition) is 13. The Kier molecular flexibility index (Phi) is 12.2. The first-order valence-corrected chi connectivity index (χ1v) is 10.6. The highest BCUT2D eigenvalue weighted by Crippen LogP contribution is 2.28. The largest absolute Gasteiger partial charge is 0.493 e. The van der Waals surface area contributed by atoms with Crippen molar-refractivity contribution in [3.8, 4) is 23.0 Å². The molecule has 0 amide bonds. The third-order valence-corrected chi connectivity index (χ3v) is 4.60. The summed E-state index contributed by atoms with van der Waals surface area (Å²) in [5.41, 5.74) is 1.33. The van der Waals surface area contributed by atoms with Crippen LogP contribution in [0.1, 0.15) is 11.1 Å². The van der Waals surface area contributed by atoms with Crippen LogP contribution in [0.4, 0.5) is 0 Å². The third-order valence-electron chi connectivity index (χ3n) is 4.60. The average molecular weight is 528 g/mol. The molecule has 0 fully saturated rings. The maximum absolute atomic E-state index is 11.2. The van der Waals surface area contributed by atoms with Crippen LogP contribution in [0.2, 0.25) is 0 Å². The number of rotatable bonds is 18. The summed E-state index contributed by atoms with van der Waals surface area (Å²) in [6.07, 6.45) is -4.46. The van der Waals surface area contributed by atoms with Crippen molar-refractivity contribution in [2.75, 3.05) is 42.0 Å². The summed E-state index contributed by atoms with van der Waals surface area (Å²) < 4.78 is 45.6. The molecule has 0 saturated heterocycles. The molecule has 2 aromatic rings. The fourth-order valence-corrected chi connectivity index (χ4v) is 2.87. The molecule has 2 aromatic carbocycles. The van der Waals surface area contributed by atoms with Gasteiger partial charge < -0.3 is 28.4 Å². The van der Waals surface area contributed by atoms with Gasteiger partial charge in [0.05, 0.1) is 51.5 Å². The number of methoxy groups -OCH3 is 4. The van der Waals surface area contributed by atoms with Crippen molar-refractivity contribution in [1.29, 1.82) is 0 Å². The predicted octanol–water partition coefficient (Wildman–Crippen LogP) is 2.54. The van der Waals surface area contributed by atoms with Gasteiger partial charge in [0.1, 0.15) is 0 Å². The molecule has 15 nitrogen and oxygen atoms in total. The van der Waals surface area contributed by atoms with Gasteiger partial charge >= 0.3 is 12.8 Å². The van der Waals surface area contributed by atoms with Crippen molar-refractivity contribution >= 4 is 0 Å². The summed E-state index contributed by atoms with van der Waals surface area (Å²) >= 11 is 0. The fourth-order valence-electron chi connectivity index (χ4n) is 2.87. The van der Waals surface area contributed by atoms with E-state index in [9.17, 15) is 20.2 Å². The minimum atomic E-state index is -2.23. The van der Waals surface area contributed by atoms with Crippen LogP contribution >= 0.6 is 0 Å². The standard InChI is InChI=1S/C22H28N2O13/c1-29-17-7-5-15(9-19(17)31-3)11-33-13-35-21(23(25)26)37-22(24(27)28)36-14-34-12-16-6-8-18(30-2)20(10-16)32-4/h5-10,21-22H,11-14H2,1-4H3. The molecule has 0 heterocycles. The Morgan fingerprint density at radius 1 is 0.649 bits per heavy atom. The van der Waals surface area contributed by atoms with Crippen LogP contribution in [0.3, 0.4) is 0 Å². The molecule has 204 valence electrons. The van der Waals surface area contributed by atoms with E-state index in [0.29, 0.717) is 34.1 Å². The van der Waals surface area contributed by atoms with E-state index < -0.39 is 36.3 Å². The smallest absolute Gasteiger partial charge is 0.441 e. The highest BCUT2D eigenvalue weighted by atomic mass is 16.9. The molecule has 0 aromatic heterocycles. The first kappa shape index (κ1) is 29.5. The zero-order valence-electron chi connectivity index (χ0n) is 20.6. The number of hydrogen-bond donors (Lipinski definition) is 0. The molecular weight excluding hydrogens is 500 g/mol. The normalized spacial score (nSPS) is 12.4. The Morgan fingerprint density at radius 2 is 1.03 bits per heavy atom. The van der Waals surface area contributed by atoms with E-state index in [1.165, 1.54) is 28.4 Å². The Balaban J connectivity index is 1.81. The molecule has 37 heavy (non-hydrogen) atoms. The van der Waals surface area contributed by atoms with Gasteiger partial charge in [-0.15, -0.1) is 0 Å². The molecule has 0 spiro atoms. The summed E-state index contributed by atoms with van der Waals surface area (Å²) in [5, 5.41) is 22.5. The lowest BCUT2D eigenvalue weighted by Gasteiger charge is -2.15. The molecule has 0 aliphatic carbocycles. The summed E-state index contributed by atoms with van der Waals surface area (Å²) in [6, 6.07) is 10.0. The second-order valence-electron chi connectivity index (χ2n) is 6.97. The number of ether oxygens (including phenoxy) is 9. The number of benzene rings is 2. The minimum Gasteiger partial charge on any atom is -0.493 e. The minimum absolute atomic E-state index is 0.00391. The molecule has 0 N–H and O–H groups in total. The Bertz CT molecular complexity index is 941. The topological polar surface area (TPSA) is 169 Å². The molecule has 15 heteroatoms. The van der Waals surface area contributed by atoms with Crippen LogP contribution in [0.15, 0.2) is 36.4 Å². The molecule has 0 aliphatic heterocycles. The molecule has 2 unspecified atom stereocenters. The Morgan fingerprint density at radius 3 is 1.35 bits per heavy atom. The Hall–Kier alpha value is -3.76. The van der Waals surface area contributed by atoms with E-state index in [-0.39, 0.29) is 13.2 Å². The van der Waals surface area contributed by atoms with Gasteiger partial charge in [-0.2, -0.15) is 4.74 Å². The Labute approximate surface area is 211 Å². The second kappa shape index (κ2) is 15.4. The van der Waals surface area contributed by atoms with Crippen LogP contribution in [0, 0.1) is 20.2 Å². The highest BCUT2D eigenvalue weighted by Gasteiger charge is 2.34. The zero-order chi connectivity index (χ0) is 27.2. The van der Waals surface area contributed by atoms with Crippen molar-refractivity contribution < 1.29 is 52.5 Å². The van der Waals surface area contributed by atoms with Gasteiger partial charge in [-0.3, -0.25) is 29.7 Å². The number of nitrogens with zero attached hydrogens (tertiary/aromatic N) is 2. The monoisotopic (exact) mass is 528 g/mol. The quantitative estimate of drug-likeness (QED) is 0.120. The maximum atomic E-state index is 11.2. The lowest BCUT2D eigenvalue weighted by atomic mass is 10.2. The third kappa shape index (κ3) is 9.32. The van der Waals surface area contributed by atoms with Crippen molar-refractivity contribution in [3.63, 3.8) is 0 Å². The van der Waals surface area contributed by atoms with E-state index in [4.69, 9.17) is 42.6 Å². The first-order chi connectivity index (χ1) is 17.8. The predicted molar refractivity (Wildman–Crippen MR) is 123 cm³/mol. The molecule has 0 aliphatic rings. The van der Waals surface area contributed by atoms with Crippen molar-refractivity contribution in [3.05, 3.63) is 67.8 Å². The van der Waals surface area contributed by atoms with Crippen LogP contribution < -0.4 is 18.9 Å². The molecule has 2 atom stereocenters. The van der Waals surface area contributed by atoms with E-state index in [0.717, 1.165) is 0 Å². The summed E-state index contributed by atoms with van der Waals surface area (Å²) in [4.78, 5) is 20.5. The van der Waals surface area contributed by atoms with Crippen molar-refractivity contribution in [2.45, 2.75) is 26.0 Å². The molecule has 0 radical (unpaired) electrons. The van der Waals surface area contributed by atoms with Gasteiger partial charge in [-0.25, -0.2) is 0 Å². The zero-order valence-corrected chi connectivity index (χ0v) is 20.6. The second-order valence-corrected chi connectivity index (χ2v) is 6.97. The summed E-state index contributed by atoms with van der Waals surface area (Å²) in [7, 11) is 5.93. The average Bonchev–Trinajstić information content (AvgIpc) is 2.90. The molecule has 0 bridgehead atoms. The van der Waals surface area contributed by atoms with E-state index in [1.807, 2.05) is 0 Å². The first-order valence-electron chi connectivity index (χ1n) is 10.6. The van der Waals surface area contributed by atoms with Crippen molar-refractivity contribution in [1.82, 2.24) is 0 Å². The highest BCUT2D eigenvalue weighted by molar-refractivity contribution is 5.43. The SMILES string of the molecule is COc1ccc(COCOC(OC(OCOCc2ccc(OC)c(OC)c2)[N+](=O)[O-])[N+](=O)[O-])cc1OC. The molecule has 0 saturated carbocycles. The molecular formula is C22H28N2O13. The van der Waals surface area contributed by atoms with E-state index in [2.05, 4.69) is 0 Å². The van der Waals surface area contributed by atoms with Crippen LogP contribution in [-0.2, 0) is 36.9 Å². The fraction of sp³-hybridized carbons (Fsp3) is 0.455. The summed E-state index contributed by atoms with van der Waals surface area (Å²) in [5.74, 6) is 1.97. The maximum Gasteiger partial charge on any atom is 0.441 e. The van der Waals surface area contributed by atoms with Gasteiger partial charge in [-0.1, -0.05) is 12.1 Å². The van der Waals surface area contributed by atoms with Crippen molar-refractivity contribution in [2.24, 2.45) is 0 Å². The van der Waals surface area contributed by atoms with Gasteiger partial charge in [0.2, 0.25) is 0 Å². The van der Waals surface area contributed by atoms with E-state index >= 15 is 0 Å². The van der Waals surface area contributed by atoms with Gasteiger partial charge in [0, 0.05) is 0 Å². The number of nitro groups is 2. The molecule has 2 rings (SSSR count). The lowest BCUT2D eigenvalue weighted by molar-refractivity contribution is -0.714. The van der Waals surface area contributed by atoms with E-state index in [1.54, 1.807) is 36.4 Å². The van der Waals surface area contributed by atoms with Gasteiger partial charge in [0.25, 0.3) is 0 Å². The van der Waals surface area contributed by atoms with Crippen LogP contribution in [0.5, 0.6) is 23.0 Å². The summed E-state index contributed by atoms with van der Waals surface area (Å²) in [6.45, 7) is -1.19. The van der Waals surface area contributed by atoms with Gasteiger partial charge in [-0.05, 0) is 35.4 Å². The van der Waals surface area contributed by atoms with Gasteiger partial charge in [0.15, 0.2) is 36.6 Å². The lowest BCUT2D eigenvalue weighted by Crippen LogP contribution is -2.37.